The Balaban J connectivity index is 2.03. The quantitative estimate of drug-likeness (QED) is 0.786. The minimum absolute atomic E-state index is 0.336. The van der Waals surface area contributed by atoms with Crippen LogP contribution in [0.5, 0.6) is 0 Å². The van der Waals surface area contributed by atoms with Crippen molar-refractivity contribution in [3.63, 3.8) is 0 Å². The molecule has 2 aliphatic rings. The first-order valence-corrected chi connectivity index (χ1v) is 6.57. The highest BCUT2D eigenvalue weighted by Crippen LogP contribution is 2.43. The Labute approximate surface area is 99.5 Å². The molecule has 1 aliphatic heterocycles. The molecule has 0 aromatic carbocycles. The van der Waals surface area contributed by atoms with Gasteiger partial charge in [0.25, 0.3) is 0 Å². The van der Waals surface area contributed by atoms with Crippen molar-refractivity contribution < 1.29 is 4.74 Å². The summed E-state index contributed by atoms with van der Waals surface area (Å²) in [6.07, 6.45) is 3.15. The fraction of sp³-hybridized carbons (Fsp3) is 1.00. The number of hydrogen-bond acceptors (Lipinski definition) is 3. The summed E-state index contributed by atoms with van der Waals surface area (Å²) >= 11 is 0. The summed E-state index contributed by atoms with van der Waals surface area (Å²) in [5.41, 5.74) is 0.360. The first-order valence-electron chi connectivity index (χ1n) is 6.57. The van der Waals surface area contributed by atoms with E-state index >= 15 is 0 Å². The lowest BCUT2D eigenvalue weighted by Crippen LogP contribution is -2.64. The maximum atomic E-state index is 5.42. The van der Waals surface area contributed by atoms with Crippen molar-refractivity contribution in [1.29, 1.82) is 0 Å². The van der Waals surface area contributed by atoms with Crippen molar-refractivity contribution in [2.75, 3.05) is 26.7 Å². The lowest BCUT2D eigenvalue weighted by Gasteiger charge is -2.48. The molecule has 16 heavy (non-hydrogen) atoms. The van der Waals surface area contributed by atoms with Gasteiger partial charge >= 0.3 is 0 Å². The maximum absolute atomic E-state index is 5.42. The molecule has 94 valence electrons. The van der Waals surface area contributed by atoms with Gasteiger partial charge in [0.15, 0.2) is 0 Å². The van der Waals surface area contributed by atoms with Gasteiger partial charge in [-0.05, 0) is 39.5 Å². The van der Waals surface area contributed by atoms with Gasteiger partial charge in [-0.15, -0.1) is 0 Å². The van der Waals surface area contributed by atoms with Crippen molar-refractivity contribution in [2.45, 2.75) is 51.3 Å². The van der Waals surface area contributed by atoms with Crippen LogP contribution in [0.15, 0.2) is 0 Å². The van der Waals surface area contributed by atoms with Gasteiger partial charge < -0.3 is 10.1 Å². The van der Waals surface area contributed by atoms with E-state index in [0.29, 0.717) is 17.7 Å². The van der Waals surface area contributed by atoms with E-state index in [-0.39, 0.29) is 0 Å². The minimum Gasteiger partial charge on any atom is -0.380 e. The van der Waals surface area contributed by atoms with Gasteiger partial charge in [-0.2, -0.15) is 0 Å². The number of nitrogens with one attached hydrogen (secondary N) is 1. The van der Waals surface area contributed by atoms with Crippen LogP contribution in [0.4, 0.5) is 0 Å². The van der Waals surface area contributed by atoms with Gasteiger partial charge in [0.2, 0.25) is 0 Å². The molecule has 0 radical (unpaired) electrons. The summed E-state index contributed by atoms with van der Waals surface area (Å²) in [4.78, 5) is 2.65. The molecule has 1 saturated carbocycles. The third kappa shape index (κ3) is 2.41. The summed E-state index contributed by atoms with van der Waals surface area (Å²) in [5.74, 6) is 0.900. The number of hydrogen-bond donors (Lipinski definition) is 1. The molecule has 1 N–H and O–H groups in total. The molecule has 1 aliphatic carbocycles. The molecule has 3 unspecified atom stereocenters. The van der Waals surface area contributed by atoms with Crippen LogP contribution >= 0.6 is 0 Å². The molecule has 3 nitrogen and oxygen atoms in total. The Morgan fingerprint density at radius 2 is 2.19 bits per heavy atom. The molecule has 3 heteroatoms. The zero-order valence-corrected chi connectivity index (χ0v) is 11.1. The average Bonchev–Trinajstić information content (AvgIpc) is 3.07. The summed E-state index contributed by atoms with van der Waals surface area (Å²) in [6.45, 7) is 10.2. The van der Waals surface area contributed by atoms with Crippen molar-refractivity contribution in [3.05, 3.63) is 0 Å². The standard InChI is InChI=1S/C13H26N2O/c1-10-7-15(8-11(2)16-4)13(3,9-14-10)12-5-6-12/h10-12,14H,5-9H2,1-4H3. The molecule has 0 spiro atoms. The van der Waals surface area contributed by atoms with Crippen LogP contribution in [-0.2, 0) is 4.74 Å². The highest BCUT2D eigenvalue weighted by Gasteiger charge is 2.47. The molecule has 3 atom stereocenters. The molecule has 0 aromatic rings. The highest BCUT2D eigenvalue weighted by molar-refractivity contribution is 5.04. The molecule has 0 bridgehead atoms. The predicted molar refractivity (Wildman–Crippen MR) is 66.6 cm³/mol. The van der Waals surface area contributed by atoms with Crippen LogP contribution in [0.25, 0.3) is 0 Å². The van der Waals surface area contributed by atoms with E-state index in [1.165, 1.54) is 12.8 Å². The second-order valence-corrected chi connectivity index (χ2v) is 5.86. The highest BCUT2D eigenvalue weighted by atomic mass is 16.5. The smallest absolute Gasteiger partial charge is 0.0670 e. The third-order valence-electron chi connectivity index (χ3n) is 4.36. The van der Waals surface area contributed by atoms with E-state index in [1.807, 2.05) is 7.11 Å². The lowest BCUT2D eigenvalue weighted by atomic mass is 9.89. The second-order valence-electron chi connectivity index (χ2n) is 5.86. The normalized spacial score (nSPS) is 38.6. The third-order valence-corrected chi connectivity index (χ3v) is 4.36. The van der Waals surface area contributed by atoms with E-state index < -0.39 is 0 Å². The van der Waals surface area contributed by atoms with Gasteiger partial charge in [-0.25, -0.2) is 0 Å². The number of ether oxygens (including phenoxy) is 1. The molecule has 0 aromatic heterocycles. The van der Waals surface area contributed by atoms with E-state index in [9.17, 15) is 0 Å². The lowest BCUT2D eigenvalue weighted by molar-refractivity contribution is -0.00800. The first-order chi connectivity index (χ1) is 7.56. The molecule has 2 fully saturated rings. The number of piperazine rings is 1. The van der Waals surface area contributed by atoms with E-state index in [0.717, 1.165) is 25.6 Å². The number of rotatable bonds is 4. The van der Waals surface area contributed by atoms with Crippen LogP contribution in [0.1, 0.15) is 33.6 Å². The van der Waals surface area contributed by atoms with Crippen LogP contribution in [0.3, 0.4) is 0 Å². The topological polar surface area (TPSA) is 24.5 Å². The Morgan fingerprint density at radius 1 is 1.50 bits per heavy atom. The van der Waals surface area contributed by atoms with Gasteiger partial charge in [-0.3, -0.25) is 4.90 Å². The van der Waals surface area contributed by atoms with Crippen LogP contribution in [0, 0.1) is 5.92 Å². The molecule has 2 rings (SSSR count). The SMILES string of the molecule is COC(C)CN1CC(C)NCC1(C)C1CC1. The summed E-state index contributed by atoms with van der Waals surface area (Å²) in [5, 5.41) is 3.63. The second kappa shape index (κ2) is 4.63. The Kier molecular flexibility index (Phi) is 3.57. The molecule has 0 amide bonds. The van der Waals surface area contributed by atoms with E-state index in [1.54, 1.807) is 0 Å². The van der Waals surface area contributed by atoms with E-state index in [4.69, 9.17) is 4.74 Å². The molecule has 1 heterocycles. The predicted octanol–water partition coefficient (Wildman–Crippen LogP) is 1.48. The van der Waals surface area contributed by atoms with Crippen LogP contribution in [0.2, 0.25) is 0 Å². The van der Waals surface area contributed by atoms with Gasteiger partial charge in [0.05, 0.1) is 6.10 Å². The number of methoxy groups -OCH3 is 1. The van der Waals surface area contributed by atoms with Gasteiger partial charge in [0, 0.05) is 38.3 Å². The molecule has 1 saturated heterocycles. The summed E-state index contributed by atoms with van der Waals surface area (Å²) in [7, 11) is 1.81. The Bertz CT molecular complexity index is 242. The monoisotopic (exact) mass is 226 g/mol. The average molecular weight is 226 g/mol. The van der Waals surface area contributed by atoms with Crippen molar-refractivity contribution in [3.8, 4) is 0 Å². The van der Waals surface area contributed by atoms with E-state index in [2.05, 4.69) is 31.0 Å². The summed E-state index contributed by atoms with van der Waals surface area (Å²) < 4.78 is 5.42. The Morgan fingerprint density at radius 3 is 2.75 bits per heavy atom. The largest absolute Gasteiger partial charge is 0.380 e. The fourth-order valence-electron chi connectivity index (χ4n) is 2.87. The van der Waals surface area contributed by atoms with Gasteiger partial charge in [-0.1, -0.05) is 0 Å². The maximum Gasteiger partial charge on any atom is 0.0670 e. The van der Waals surface area contributed by atoms with Crippen molar-refractivity contribution >= 4 is 0 Å². The van der Waals surface area contributed by atoms with Crippen LogP contribution < -0.4 is 5.32 Å². The zero-order chi connectivity index (χ0) is 11.8. The van der Waals surface area contributed by atoms with Gasteiger partial charge in [0.1, 0.15) is 0 Å². The molecular weight excluding hydrogens is 200 g/mol. The Hall–Kier alpha value is -0.120. The zero-order valence-electron chi connectivity index (χ0n) is 11.1. The number of nitrogens with zero attached hydrogens (tertiary/aromatic N) is 1. The first kappa shape index (κ1) is 12.3. The summed E-state index contributed by atoms with van der Waals surface area (Å²) in [6, 6.07) is 0.607. The minimum atomic E-state index is 0.336. The fourth-order valence-corrected chi connectivity index (χ4v) is 2.87. The van der Waals surface area contributed by atoms with Crippen molar-refractivity contribution in [1.82, 2.24) is 10.2 Å². The van der Waals surface area contributed by atoms with Crippen molar-refractivity contribution in [2.24, 2.45) is 5.92 Å². The molecular formula is C13H26N2O. The van der Waals surface area contributed by atoms with Crippen LogP contribution in [-0.4, -0.2) is 49.3 Å².